The van der Waals surface area contributed by atoms with Gasteiger partial charge in [-0.25, -0.2) is 0 Å². The predicted octanol–water partition coefficient (Wildman–Crippen LogP) is 1.39. The van der Waals surface area contributed by atoms with Crippen LogP contribution >= 0.6 is 0 Å². The fourth-order valence-corrected chi connectivity index (χ4v) is 1.68. The van der Waals surface area contributed by atoms with Crippen molar-refractivity contribution in [2.24, 2.45) is 0 Å². The molecule has 0 aliphatic carbocycles. The lowest BCUT2D eigenvalue weighted by atomic mass is 10.4. The first-order valence-corrected chi connectivity index (χ1v) is 5.68. The summed E-state index contributed by atoms with van der Waals surface area (Å²) in [4.78, 5) is 7.16. The van der Waals surface area contributed by atoms with Crippen LogP contribution in [0.25, 0.3) is 0 Å². The molecule has 0 aromatic carbocycles. The Bertz CT molecular complexity index is 175. The minimum absolute atomic E-state index is 1.07. The van der Waals surface area contributed by atoms with Gasteiger partial charge in [0, 0.05) is 32.0 Å². The van der Waals surface area contributed by atoms with Crippen LogP contribution in [0.2, 0.25) is 0 Å². The summed E-state index contributed by atoms with van der Waals surface area (Å²) in [5, 5.41) is 0. The molecule has 1 rings (SSSR count). The van der Waals surface area contributed by atoms with E-state index in [0.717, 1.165) is 32.8 Å². The monoisotopic (exact) mass is 197 g/mol. The van der Waals surface area contributed by atoms with E-state index in [1.165, 1.54) is 6.54 Å². The highest BCUT2D eigenvalue weighted by Gasteiger charge is 2.10. The van der Waals surface area contributed by atoms with Crippen LogP contribution in [0, 0.1) is 0 Å². The van der Waals surface area contributed by atoms with E-state index >= 15 is 0 Å². The Balaban J connectivity index is 2.17. The second kappa shape index (κ2) is 5.91. The highest BCUT2D eigenvalue weighted by atomic mass is 15.3. The first kappa shape index (κ1) is 11.4. The molecule has 0 aromatic heterocycles. The van der Waals surface area contributed by atoms with Crippen LogP contribution in [-0.2, 0) is 0 Å². The second-order valence-corrected chi connectivity index (χ2v) is 3.68. The van der Waals surface area contributed by atoms with Crippen molar-refractivity contribution >= 4 is 0 Å². The highest BCUT2D eigenvalue weighted by Crippen LogP contribution is 2.05. The summed E-state index contributed by atoms with van der Waals surface area (Å²) in [6.07, 6.45) is 4.38. The smallest absolute Gasteiger partial charge is 0.0894 e. The van der Waals surface area contributed by atoms with Crippen molar-refractivity contribution in [3.05, 3.63) is 12.4 Å². The van der Waals surface area contributed by atoms with Crippen molar-refractivity contribution in [3.63, 3.8) is 0 Å². The molecule has 3 heteroatoms. The highest BCUT2D eigenvalue weighted by molar-refractivity contribution is 4.90. The molecule has 0 saturated carbocycles. The quantitative estimate of drug-likeness (QED) is 0.637. The fourth-order valence-electron chi connectivity index (χ4n) is 1.68. The van der Waals surface area contributed by atoms with Gasteiger partial charge in [0.05, 0.1) is 6.67 Å². The number of likely N-dealkylation sites (N-methyl/N-ethyl adjacent to an activating group) is 1. The number of rotatable bonds is 6. The molecule has 0 bridgehead atoms. The summed E-state index contributed by atoms with van der Waals surface area (Å²) in [5.74, 6) is 0. The van der Waals surface area contributed by atoms with Gasteiger partial charge < -0.3 is 14.7 Å². The van der Waals surface area contributed by atoms with Gasteiger partial charge >= 0.3 is 0 Å². The van der Waals surface area contributed by atoms with E-state index in [1.807, 2.05) is 0 Å². The molecule has 0 saturated heterocycles. The Morgan fingerprint density at radius 2 is 1.71 bits per heavy atom. The molecular formula is C11H23N3. The first-order chi connectivity index (χ1) is 6.80. The van der Waals surface area contributed by atoms with E-state index < -0.39 is 0 Å². The predicted molar refractivity (Wildman–Crippen MR) is 60.9 cm³/mol. The Hall–Kier alpha value is -0.700. The third-order valence-corrected chi connectivity index (χ3v) is 2.86. The van der Waals surface area contributed by atoms with Gasteiger partial charge in [-0.1, -0.05) is 13.8 Å². The van der Waals surface area contributed by atoms with E-state index in [4.69, 9.17) is 0 Å². The molecule has 14 heavy (non-hydrogen) atoms. The zero-order valence-electron chi connectivity index (χ0n) is 9.74. The van der Waals surface area contributed by atoms with Crippen LogP contribution < -0.4 is 0 Å². The van der Waals surface area contributed by atoms with E-state index in [0.29, 0.717) is 0 Å². The lowest BCUT2D eigenvalue weighted by Crippen LogP contribution is -2.34. The summed E-state index contributed by atoms with van der Waals surface area (Å²) >= 11 is 0. The summed E-state index contributed by atoms with van der Waals surface area (Å²) in [6, 6.07) is 0. The number of nitrogens with zero attached hydrogens (tertiary/aromatic N) is 3. The maximum Gasteiger partial charge on any atom is 0.0894 e. The average molecular weight is 197 g/mol. The van der Waals surface area contributed by atoms with Gasteiger partial charge in [-0.2, -0.15) is 0 Å². The lowest BCUT2D eigenvalue weighted by Gasteiger charge is -2.24. The Labute approximate surface area is 88.0 Å². The molecule has 1 aliphatic heterocycles. The van der Waals surface area contributed by atoms with E-state index in [9.17, 15) is 0 Å². The topological polar surface area (TPSA) is 9.72 Å². The van der Waals surface area contributed by atoms with Crippen LogP contribution in [0.1, 0.15) is 20.8 Å². The maximum absolute atomic E-state index is 2.46. The fraction of sp³-hybridized carbons (Fsp3) is 0.818. The Morgan fingerprint density at radius 3 is 2.21 bits per heavy atom. The van der Waals surface area contributed by atoms with Crippen molar-refractivity contribution in [1.29, 1.82) is 0 Å². The third kappa shape index (κ3) is 3.22. The summed E-state index contributed by atoms with van der Waals surface area (Å²) in [5.41, 5.74) is 0. The Morgan fingerprint density at radius 1 is 1.07 bits per heavy atom. The molecule has 0 amide bonds. The lowest BCUT2D eigenvalue weighted by molar-refractivity contribution is 0.225. The second-order valence-electron chi connectivity index (χ2n) is 3.68. The van der Waals surface area contributed by atoms with E-state index in [-0.39, 0.29) is 0 Å². The van der Waals surface area contributed by atoms with E-state index in [2.05, 4.69) is 47.9 Å². The van der Waals surface area contributed by atoms with Gasteiger partial charge in [0.2, 0.25) is 0 Å². The molecule has 0 aromatic rings. The van der Waals surface area contributed by atoms with Crippen LogP contribution in [0.4, 0.5) is 0 Å². The van der Waals surface area contributed by atoms with Crippen molar-refractivity contribution in [3.8, 4) is 0 Å². The first-order valence-electron chi connectivity index (χ1n) is 5.68. The van der Waals surface area contributed by atoms with Crippen molar-refractivity contribution in [2.75, 3.05) is 39.4 Å². The minimum atomic E-state index is 1.07. The van der Waals surface area contributed by atoms with Crippen molar-refractivity contribution in [2.45, 2.75) is 20.8 Å². The van der Waals surface area contributed by atoms with Gasteiger partial charge in [0.15, 0.2) is 0 Å². The molecule has 3 nitrogen and oxygen atoms in total. The number of hydrogen-bond donors (Lipinski definition) is 0. The summed E-state index contributed by atoms with van der Waals surface area (Å²) < 4.78 is 0. The zero-order valence-corrected chi connectivity index (χ0v) is 9.74. The van der Waals surface area contributed by atoms with Gasteiger partial charge in [-0.3, -0.25) is 0 Å². The van der Waals surface area contributed by atoms with Crippen LogP contribution in [0.15, 0.2) is 12.4 Å². The van der Waals surface area contributed by atoms with Crippen molar-refractivity contribution in [1.82, 2.24) is 14.7 Å². The molecule has 1 heterocycles. The van der Waals surface area contributed by atoms with Gasteiger partial charge in [-0.05, 0) is 20.0 Å². The molecule has 0 fully saturated rings. The average Bonchev–Trinajstić information content (AvgIpc) is 2.67. The van der Waals surface area contributed by atoms with Crippen LogP contribution in [0.3, 0.4) is 0 Å². The molecular weight excluding hydrogens is 174 g/mol. The van der Waals surface area contributed by atoms with Gasteiger partial charge in [0.1, 0.15) is 0 Å². The molecule has 0 atom stereocenters. The van der Waals surface area contributed by atoms with E-state index in [1.54, 1.807) is 0 Å². The van der Waals surface area contributed by atoms with Crippen LogP contribution in [-0.4, -0.2) is 54.1 Å². The van der Waals surface area contributed by atoms with Crippen molar-refractivity contribution < 1.29 is 0 Å². The SMILES string of the molecule is CCN1C=CN(CCN(CC)CC)C1. The third-order valence-electron chi connectivity index (χ3n) is 2.86. The van der Waals surface area contributed by atoms with Gasteiger partial charge in [-0.15, -0.1) is 0 Å². The molecule has 1 aliphatic rings. The minimum Gasteiger partial charge on any atom is -0.359 e. The maximum atomic E-state index is 2.46. The molecule has 82 valence electrons. The molecule has 0 unspecified atom stereocenters. The van der Waals surface area contributed by atoms with Gasteiger partial charge in [0.25, 0.3) is 0 Å². The Kier molecular flexibility index (Phi) is 4.80. The van der Waals surface area contributed by atoms with Crippen LogP contribution in [0.5, 0.6) is 0 Å². The summed E-state index contributed by atoms with van der Waals surface area (Å²) in [7, 11) is 0. The molecule has 0 N–H and O–H groups in total. The number of hydrogen-bond acceptors (Lipinski definition) is 3. The zero-order chi connectivity index (χ0) is 10.4. The normalized spacial score (nSPS) is 16.0. The molecule has 0 spiro atoms. The largest absolute Gasteiger partial charge is 0.359 e. The molecule has 0 radical (unpaired) electrons. The summed E-state index contributed by atoms with van der Waals surface area (Å²) in [6.45, 7) is 13.5. The standard InChI is InChI=1S/C11H23N3/c1-4-12(5-2)7-9-14-10-8-13(6-3)11-14/h8,10H,4-7,9,11H2,1-3H3.